The normalized spacial score (nSPS) is 12.8. The Morgan fingerprint density at radius 3 is 2.07 bits per heavy atom. The van der Waals surface area contributed by atoms with Crippen molar-refractivity contribution in [3.8, 4) is 0 Å². The topological polar surface area (TPSA) is 98.6 Å². The SMILES string of the molecule is O=C(ON1C(=O)c2ccccc2C1=O)c1ccc(=O)n(Cc2ccccc2)n1. The summed E-state index contributed by atoms with van der Waals surface area (Å²) in [6.45, 7) is 0.161. The number of rotatable bonds is 4. The van der Waals surface area contributed by atoms with Crippen molar-refractivity contribution < 1.29 is 19.2 Å². The van der Waals surface area contributed by atoms with E-state index in [2.05, 4.69) is 5.10 Å². The molecule has 4 rings (SSSR count). The maximum atomic E-state index is 12.4. The lowest BCUT2D eigenvalue weighted by atomic mass is 10.1. The number of hydrogen-bond acceptors (Lipinski definition) is 6. The van der Waals surface area contributed by atoms with Gasteiger partial charge < -0.3 is 4.84 Å². The minimum atomic E-state index is -1.02. The summed E-state index contributed by atoms with van der Waals surface area (Å²) >= 11 is 0. The highest BCUT2D eigenvalue weighted by atomic mass is 16.7. The van der Waals surface area contributed by atoms with Gasteiger partial charge in [0, 0.05) is 6.07 Å². The molecule has 1 aliphatic heterocycles. The number of hydrogen-bond donors (Lipinski definition) is 0. The second-order valence-electron chi connectivity index (χ2n) is 6.03. The fourth-order valence-electron chi connectivity index (χ4n) is 2.81. The van der Waals surface area contributed by atoms with E-state index in [1.165, 1.54) is 24.3 Å². The summed E-state index contributed by atoms with van der Waals surface area (Å²) in [7, 11) is 0. The van der Waals surface area contributed by atoms with E-state index in [0.717, 1.165) is 10.2 Å². The van der Waals surface area contributed by atoms with Gasteiger partial charge in [-0.25, -0.2) is 9.48 Å². The number of carbonyl (C=O) groups excluding carboxylic acids is 3. The van der Waals surface area contributed by atoms with Crippen LogP contribution in [0.3, 0.4) is 0 Å². The lowest BCUT2D eigenvalue weighted by Gasteiger charge is -2.13. The highest BCUT2D eigenvalue weighted by Gasteiger charge is 2.39. The third-order valence-corrected chi connectivity index (χ3v) is 4.18. The Balaban J connectivity index is 1.56. The van der Waals surface area contributed by atoms with Gasteiger partial charge in [-0.15, -0.1) is 0 Å². The van der Waals surface area contributed by atoms with Crippen LogP contribution < -0.4 is 5.56 Å². The van der Waals surface area contributed by atoms with E-state index in [9.17, 15) is 19.2 Å². The Bertz CT molecular complexity index is 1120. The zero-order valence-corrected chi connectivity index (χ0v) is 14.4. The molecule has 28 heavy (non-hydrogen) atoms. The van der Waals surface area contributed by atoms with Crippen molar-refractivity contribution in [1.29, 1.82) is 0 Å². The smallest absolute Gasteiger partial charge is 0.322 e. The predicted molar refractivity (Wildman–Crippen MR) is 96.4 cm³/mol. The van der Waals surface area contributed by atoms with Crippen molar-refractivity contribution in [2.45, 2.75) is 6.54 Å². The first-order valence-electron chi connectivity index (χ1n) is 8.37. The maximum absolute atomic E-state index is 12.4. The molecule has 0 atom stereocenters. The van der Waals surface area contributed by atoms with E-state index in [1.807, 2.05) is 30.3 Å². The molecule has 0 saturated carbocycles. The molecule has 2 aromatic carbocycles. The van der Waals surface area contributed by atoms with Gasteiger partial charge >= 0.3 is 5.97 Å². The highest BCUT2D eigenvalue weighted by molar-refractivity contribution is 6.21. The molecule has 0 spiro atoms. The molecule has 1 aliphatic rings. The first kappa shape index (κ1) is 17.3. The third kappa shape index (κ3) is 3.07. The molecule has 3 aromatic rings. The summed E-state index contributed by atoms with van der Waals surface area (Å²) in [5, 5.41) is 4.39. The lowest BCUT2D eigenvalue weighted by molar-refractivity contribution is -0.0590. The van der Waals surface area contributed by atoms with Gasteiger partial charge in [-0.05, 0) is 23.8 Å². The average Bonchev–Trinajstić information content (AvgIpc) is 2.95. The minimum absolute atomic E-state index is 0.155. The molecule has 8 nitrogen and oxygen atoms in total. The molecular weight excluding hydrogens is 362 g/mol. The maximum Gasteiger partial charge on any atom is 0.383 e. The molecule has 0 saturated heterocycles. The van der Waals surface area contributed by atoms with Gasteiger partial charge in [0.15, 0.2) is 5.69 Å². The van der Waals surface area contributed by atoms with Crippen LogP contribution in [0.4, 0.5) is 0 Å². The van der Waals surface area contributed by atoms with Crippen molar-refractivity contribution >= 4 is 17.8 Å². The van der Waals surface area contributed by atoms with Crippen LogP contribution in [0, 0.1) is 0 Å². The van der Waals surface area contributed by atoms with Gasteiger partial charge in [0.1, 0.15) is 0 Å². The first-order chi connectivity index (χ1) is 13.5. The second kappa shape index (κ2) is 6.92. The largest absolute Gasteiger partial charge is 0.383 e. The van der Waals surface area contributed by atoms with Crippen LogP contribution in [0.5, 0.6) is 0 Å². The van der Waals surface area contributed by atoms with Crippen molar-refractivity contribution in [3.05, 3.63) is 99.5 Å². The molecule has 0 fully saturated rings. The number of benzene rings is 2. The van der Waals surface area contributed by atoms with Gasteiger partial charge in [-0.1, -0.05) is 47.5 Å². The van der Waals surface area contributed by atoms with Crippen molar-refractivity contribution in [2.24, 2.45) is 0 Å². The molecule has 138 valence electrons. The number of hydroxylamine groups is 2. The van der Waals surface area contributed by atoms with E-state index < -0.39 is 23.3 Å². The molecule has 2 amide bonds. The van der Waals surface area contributed by atoms with Gasteiger partial charge in [0.2, 0.25) is 0 Å². The molecule has 0 bridgehead atoms. The van der Waals surface area contributed by atoms with E-state index in [4.69, 9.17) is 4.84 Å². The Morgan fingerprint density at radius 1 is 0.821 bits per heavy atom. The average molecular weight is 375 g/mol. The number of imide groups is 1. The van der Waals surface area contributed by atoms with Gasteiger partial charge in [-0.3, -0.25) is 14.4 Å². The Kier molecular flexibility index (Phi) is 4.29. The molecule has 2 heterocycles. The van der Waals surface area contributed by atoms with E-state index in [0.29, 0.717) is 5.06 Å². The fraction of sp³-hybridized carbons (Fsp3) is 0.0500. The third-order valence-electron chi connectivity index (χ3n) is 4.18. The van der Waals surface area contributed by atoms with Crippen LogP contribution in [0.1, 0.15) is 36.8 Å². The zero-order chi connectivity index (χ0) is 19.7. The number of amides is 2. The molecule has 0 radical (unpaired) electrons. The zero-order valence-electron chi connectivity index (χ0n) is 14.4. The number of fused-ring (bicyclic) bond motifs is 1. The van der Waals surface area contributed by atoms with Gasteiger partial charge in [0.25, 0.3) is 17.4 Å². The standard InChI is InChI=1S/C20H13N3O5/c24-17-11-10-16(21-22(17)12-13-6-2-1-3-7-13)20(27)28-23-18(25)14-8-4-5-9-15(14)19(23)26/h1-11H,12H2. The van der Waals surface area contributed by atoms with E-state index in [1.54, 1.807) is 12.1 Å². The lowest BCUT2D eigenvalue weighted by Crippen LogP contribution is -2.34. The second-order valence-corrected chi connectivity index (χ2v) is 6.03. The van der Waals surface area contributed by atoms with Crippen molar-refractivity contribution in [2.75, 3.05) is 0 Å². The summed E-state index contributed by atoms with van der Waals surface area (Å²) in [4.78, 5) is 54.0. The Labute approximate surface area is 158 Å². The van der Waals surface area contributed by atoms with Crippen LogP contribution in [-0.2, 0) is 11.4 Å². The van der Waals surface area contributed by atoms with Crippen molar-refractivity contribution in [3.63, 3.8) is 0 Å². The van der Waals surface area contributed by atoms with E-state index >= 15 is 0 Å². The van der Waals surface area contributed by atoms with Crippen LogP contribution in [0.25, 0.3) is 0 Å². The minimum Gasteiger partial charge on any atom is -0.322 e. The van der Waals surface area contributed by atoms with Crippen LogP contribution in [-0.4, -0.2) is 32.6 Å². The quantitative estimate of drug-likeness (QED) is 0.643. The number of carbonyl (C=O) groups is 3. The monoisotopic (exact) mass is 375 g/mol. The number of nitrogens with zero attached hydrogens (tertiary/aromatic N) is 3. The Hall–Kier alpha value is -4.07. The molecular formula is C20H13N3O5. The molecule has 0 N–H and O–H groups in total. The summed E-state index contributed by atoms with van der Waals surface area (Å²) in [6.07, 6.45) is 0. The fourth-order valence-corrected chi connectivity index (χ4v) is 2.81. The summed E-state index contributed by atoms with van der Waals surface area (Å²) < 4.78 is 1.11. The summed E-state index contributed by atoms with van der Waals surface area (Å²) in [6, 6.07) is 17.6. The number of aromatic nitrogens is 2. The molecule has 0 unspecified atom stereocenters. The van der Waals surface area contributed by atoms with Crippen LogP contribution in [0.15, 0.2) is 71.5 Å². The molecule has 1 aromatic heterocycles. The summed E-state index contributed by atoms with van der Waals surface area (Å²) in [5.41, 5.74) is 0.529. The van der Waals surface area contributed by atoms with Crippen LogP contribution >= 0.6 is 0 Å². The predicted octanol–water partition coefficient (Wildman–Crippen LogP) is 1.66. The molecule has 8 heteroatoms. The van der Waals surface area contributed by atoms with Gasteiger partial charge in [0.05, 0.1) is 17.7 Å². The Morgan fingerprint density at radius 2 is 1.43 bits per heavy atom. The van der Waals surface area contributed by atoms with Crippen molar-refractivity contribution in [1.82, 2.24) is 14.8 Å². The molecule has 0 aliphatic carbocycles. The first-order valence-corrected chi connectivity index (χ1v) is 8.37. The van der Waals surface area contributed by atoms with E-state index in [-0.39, 0.29) is 23.4 Å². The highest BCUT2D eigenvalue weighted by Crippen LogP contribution is 2.23. The summed E-state index contributed by atoms with van der Waals surface area (Å²) in [5.74, 6) is -2.48. The van der Waals surface area contributed by atoms with Gasteiger partial charge in [-0.2, -0.15) is 5.10 Å². The van der Waals surface area contributed by atoms with Crippen LogP contribution in [0.2, 0.25) is 0 Å².